The van der Waals surface area contributed by atoms with Gasteiger partial charge in [-0.1, -0.05) is 19.1 Å². The largest absolute Gasteiger partial charge is 0.378 e. The van der Waals surface area contributed by atoms with Crippen LogP contribution in [-0.4, -0.2) is 24.1 Å². The number of hydrogen-bond donors (Lipinski definition) is 2. The summed E-state index contributed by atoms with van der Waals surface area (Å²) in [6, 6.07) is 9.22. The lowest BCUT2D eigenvalue weighted by Gasteiger charge is -2.22. The Morgan fingerprint density at radius 2 is 1.95 bits per heavy atom. The lowest BCUT2D eigenvalue weighted by Crippen LogP contribution is -2.25. The summed E-state index contributed by atoms with van der Waals surface area (Å²) in [5.41, 5.74) is 2.51. The summed E-state index contributed by atoms with van der Waals surface area (Å²) >= 11 is 0. The molecule has 2 rings (SSSR count). The van der Waals surface area contributed by atoms with Gasteiger partial charge in [-0.05, 0) is 31.0 Å². The Morgan fingerprint density at radius 3 is 2.45 bits per heavy atom. The number of H-pyrrole nitrogens is 1. The molecule has 0 bridgehead atoms. The van der Waals surface area contributed by atoms with Crippen LogP contribution in [0.3, 0.4) is 0 Å². The Bertz CT molecular complexity index is 502. The van der Waals surface area contributed by atoms with Crippen LogP contribution >= 0.6 is 0 Å². The van der Waals surface area contributed by atoms with Gasteiger partial charge in [0.25, 0.3) is 0 Å². The zero-order valence-corrected chi connectivity index (χ0v) is 12.7. The van der Waals surface area contributed by atoms with Crippen molar-refractivity contribution in [3.8, 4) is 0 Å². The first-order valence-electron chi connectivity index (χ1n) is 7.14. The van der Waals surface area contributed by atoms with E-state index >= 15 is 0 Å². The highest BCUT2D eigenvalue weighted by atomic mass is 15.1. The van der Waals surface area contributed by atoms with Gasteiger partial charge < -0.3 is 15.2 Å². The standard InChI is InChI=1S/C16H24N4/c1-5-15(16-17-10-11-18-16)19-12(2)13-6-8-14(9-7-13)20(3)4/h6-12,15,19H,5H2,1-4H3,(H,17,18). The molecule has 20 heavy (non-hydrogen) atoms. The average molecular weight is 272 g/mol. The van der Waals surface area contributed by atoms with Crippen molar-refractivity contribution in [1.29, 1.82) is 0 Å². The van der Waals surface area contributed by atoms with Crippen molar-refractivity contribution in [2.45, 2.75) is 32.4 Å². The zero-order valence-electron chi connectivity index (χ0n) is 12.7. The minimum absolute atomic E-state index is 0.258. The minimum Gasteiger partial charge on any atom is -0.378 e. The summed E-state index contributed by atoms with van der Waals surface area (Å²) in [4.78, 5) is 9.65. The van der Waals surface area contributed by atoms with Crippen molar-refractivity contribution >= 4 is 5.69 Å². The molecule has 0 saturated heterocycles. The molecule has 2 unspecified atom stereocenters. The Balaban J connectivity index is 2.05. The van der Waals surface area contributed by atoms with E-state index in [2.05, 4.69) is 72.4 Å². The maximum Gasteiger partial charge on any atom is 0.123 e. The van der Waals surface area contributed by atoms with Crippen LogP contribution in [0.1, 0.15) is 43.7 Å². The highest BCUT2D eigenvalue weighted by molar-refractivity contribution is 5.46. The van der Waals surface area contributed by atoms with E-state index in [1.807, 2.05) is 6.20 Å². The predicted octanol–water partition coefficient (Wildman–Crippen LogP) is 3.28. The van der Waals surface area contributed by atoms with Crippen LogP contribution in [-0.2, 0) is 0 Å². The second-order valence-electron chi connectivity index (χ2n) is 5.31. The van der Waals surface area contributed by atoms with E-state index in [0.717, 1.165) is 12.2 Å². The molecule has 1 aromatic carbocycles. The molecule has 2 atom stereocenters. The van der Waals surface area contributed by atoms with Gasteiger partial charge in [0.15, 0.2) is 0 Å². The van der Waals surface area contributed by atoms with Gasteiger partial charge in [-0.15, -0.1) is 0 Å². The van der Waals surface area contributed by atoms with E-state index in [1.54, 1.807) is 6.20 Å². The van der Waals surface area contributed by atoms with Gasteiger partial charge in [-0.25, -0.2) is 4.98 Å². The normalized spacial score (nSPS) is 14.0. The number of nitrogens with zero attached hydrogens (tertiary/aromatic N) is 2. The van der Waals surface area contributed by atoms with Gasteiger partial charge in [0.2, 0.25) is 0 Å². The number of hydrogen-bond acceptors (Lipinski definition) is 3. The van der Waals surface area contributed by atoms with Gasteiger partial charge in [0, 0.05) is 38.2 Å². The molecule has 0 aliphatic carbocycles. The summed E-state index contributed by atoms with van der Waals surface area (Å²) in [7, 11) is 4.11. The van der Waals surface area contributed by atoms with Crippen LogP contribution in [0.2, 0.25) is 0 Å². The van der Waals surface area contributed by atoms with Crippen molar-refractivity contribution in [3.05, 3.63) is 48.0 Å². The van der Waals surface area contributed by atoms with Crippen LogP contribution in [0.15, 0.2) is 36.7 Å². The first-order valence-corrected chi connectivity index (χ1v) is 7.14. The van der Waals surface area contributed by atoms with Gasteiger partial charge in [0.05, 0.1) is 6.04 Å². The van der Waals surface area contributed by atoms with Crippen LogP contribution in [0.4, 0.5) is 5.69 Å². The van der Waals surface area contributed by atoms with E-state index in [1.165, 1.54) is 11.3 Å². The molecule has 0 fully saturated rings. The van der Waals surface area contributed by atoms with Gasteiger partial charge in [-0.3, -0.25) is 0 Å². The number of aromatic amines is 1. The summed E-state index contributed by atoms with van der Waals surface area (Å²) < 4.78 is 0. The molecule has 0 spiro atoms. The fourth-order valence-corrected chi connectivity index (χ4v) is 2.32. The Labute approximate surface area is 121 Å². The first-order chi connectivity index (χ1) is 9.61. The number of aromatic nitrogens is 2. The monoisotopic (exact) mass is 272 g/mol. The smallest absolute Gasteiger partial charge is 0.123 e. The fourth-order valence-electron chi connectivity index (χ4n) is 2.32. The molecule has 0 amide bonds. The minimum atomic E-state index is 0.258. The van der Waals surface area contributed by atoms with Crippen molar-refractivity contribution in [1.82, 2.24) is 15.3 Å². The molecule has 0 saturated carbocycles. The fraction of sp³-hybridized carbons (Fsp3) is 0.438. The molecule has 2 aromatic rings. The molecule has 0 aliphatic rings. The van der Waals surface area contributed by atoms with Crippen molar-refractivity contribution < 1.29 is 0 Å². The Hall–Kier alpha value is -1.81. The van der Waals surface area contributed by atoms with Crippen LogP contribution in [0.25, 0.3) is 0 Å². The van der Waals surface area contributed by atoms with E-state index < -0.39 is 0 Å². The maximum atomic E-state index is 4.35. The molecule has 4 nitrogen and oxygen atoms in total. The number of nitrogens with one attached hydrogen (secondary N) is 2. The van der Waals surface area contributed by atoms with Crippen molar-refractivity contribution in [3.63, 3.8) is 0 Å². The molecule has 1 heterocycles. The van der Waals surface area contributed by atoms with Gasteiger partial charge >= 0.3 is 0 Å². The first kappa shape index (κ1) is 14.6. The van der Waals surface area contributed by atoms with Crippen molar-refractivity contribution in [2.75, 3.05) is 19.0 Å². The Morgan fingerprint density at radius 1 is 1.25 bits per heavy atom. The summed E-state index contributed by atoms with van der Waals surface area (Å²) in [5, 5.41) is 3.63. The lowest BCUT2D eigenvalue weighted by molar-refractivity contribution is 0.441. The average Bonchev–Trinajstić information content (AvgIpc) is 2.98. The molecule has 4 heteroatoms. The highest BCUT2D eigenvalue weighted by Gasteiger charge is 2.15. The van der Waals surface area contributed by atoms with Gasteiger partial charge in [0.1, 0.15) is 5.82 Å². The molecule has 0 aliphatic heterocycles. The molecule has 0 radical (unpaired) electrons. The second kappa shape index (κ2) is 6.57. The van der Waals surface area contributed by atoms with Gasteiger partial charge in [-0.2, -0.15) is 0 Å². The second-order valence-corrected chi connectivity index (χ2v) is 5.31. The Kier molecular flexibility index (Phi) is 4.79. The van der Waals surface area contributed by atoms with Crippen LogP contribution in [0.5, 0.6) is 0 Å². The quantitative estimate of drug-likeness (QED) is 0.848. The van der Waals surface area contributed by atoms with E-state index in [9.17, 15) is 0 Å². The zero-order chi connectivity index (χ0) is 14.5. The summed E-state index contributed by atoms with van der Waals surface area (Å²) in [6.45, 7) is 4.36. The summed E-state index contributed by atoms with van der Waals surface area (Å²) in [5.74, 6) is 1.00. The third-order valence-electron chi connectivity index (χ3n) is 3.62. The predicted molar refractivity (Wildman–Crippen MR) is 83.9 cm³/mol. The molecular formula is C16H24N4. The molecule has 2 N–H and O–H groups in total. The van der Waals surface area contributed by atoms with Crippen molar-refractivity contribution in [2.24, 2.45) is 0 Å². The highest BCUT2D eigenvalue weighted by Crippen LogP contribution is 2.21. The molecule has 108 valence electrons. The van der Waals surface area contributed by atoms with Crippen LogP contribution in [0, 0.1) is 0 Å². The number of rotatable bonds is 6. The van der Waals surface area contributed by atoms with E-state index in [4.69, 9.17) is 0 Å². The SMILES string of the molecule is CCC(NC(C)c1ccc(N(C)C)cc1)c1ncc[nH]1. The maximum absolute atomic E-state index is 4.35. The van der Waals surface area contributed by atoms with Crippen LogP contribution < -0.4 is 10.2 Å². The number of anilines is 1. The molecular weight excluding hydrogens is 248 g/mol. The number of imidazole rings is 1. The van der Waals surface area contributed by atoms with E-state index in [-0.39, 0.29) is 6.04 Å². The van der Waals surface area contributed by atoms with E-state index in [0.29, 0.717) is 6.04 Å². The summed E-state index contributed by atoms with van der Waals surface area (Å²) in [6.07, 6.45) is 4.68. The molecule has 1 aromatic heterocycles. The topological polar surface area (TPSA) is 44.0 Å². The third kappa shape index (κ3) is 3.39. The third-order valence-corrected chi connectivity index (χ3v) is 3.62. The lowest BCUT2D eigenvalue weighted by atomic mass is 10.1. The number of benzene rings is 1.